The third-order valence-corrected chi connectivity index (χ3v) is 9.39. The molecule has 0 aliphatic carbocycles. The van der Waals surface area contributed by atoms with Gasteiger partial charge in [-0.25, -0.2) is 15.0 Å². The summed E-state index contributed by atoms with van der Waals surface area (Å²) in [4.78, 5) is 20.4. The molecule has 0 spiro atoms. The fourth-order valence-electron chi connectivity index (χ4n) is 6.76. The number of hydrogen-bond acceptors (Lipinski definition) is 5. The summed E-state index contributed by atoms with van der Waals surface area (Å²) in [6, 6.07) is 62.5. The lowest BCUT2D eigenvalue weighted by Crippen LogP contribution is -2.24. The molecule has 0 bridgehead atoms. The molecule has 5 heteroatoms. The van der Waals surface area contributed by atoms with Gasteiger partial charge in [-0.3, -0.25) is 4.99 Å². The molecule has 246 valence electrons. The maximum Gasteiger partial charge on any atom is 0.165 e. The molecule has 1 unspecified atom stereocenters. The van der Waals surface area contributed by atoms with E-state index in [2.05, 4.69) is 121 Å². The van der Waals surface area contributed by atoms with Crippen LogP contribution in [-0.4, -0.2) is 20.7 Å². The topological polar surface area (TPSA) is 63.1 Å². The Hall–Kier alpha value is -6.98. The maximum absolute atomic E-state index is 5.19. The Labute approximate surface area is 302 Å². The molecular weight excluding hydrogens is 635 g/mol. The van der Waals surface area contributed by atoms with E-state index in [-0.39, 0.29) is 6.17 Å². The van der Waals surface area contributed by atoms with E-state index in [0.29, 0.717) is 17.5 Å². The molecule has 8 aromatic rings. The summed E-state index contributed by atoms with van der Waals surface area (Å²) in [6.45, 7) is 0. The van der Waals surface area contributed by atoms with Crippen LogP contribution in [0, 0.1) is 0 Å². The molecule has 1 aliphatic heterocycles. The third kappa shape index (κ3) is 6.16. The molecule has 0 amide bonds. The van der Waals surface area contributed by atoms with Crippen LogP contribution in [-0.2, 0) is 0 Å². The monoisotopic (exact) mass is 667 g/mol. The highest BCUT2D eigenvalue weighted by Crippen LogP contribution is 2.39. The van der Waals surface area contributed by atoms with Crippen LogP contribution in [0.3, 0.4) is 0 Å². The molecule has 1 atom stereocenters. The Bertz CT molecular complexity index is 2510. The van der Waals surface area contributed by atoms with Gasteiger partial charge in [0.2, 0.25) is 0 Å². The first-order valence-corrected chi connectivity index (χ1v) is 17.4. The molecule has 9 rings (SSSR count). The predicted octanol–water partition coefficient (Wildman–Crippen LogP) is 10.8. The largest absolute Gasteiger partial charge is 0.360 e. The first-order valence-electron chi connectivity index (χ1n) is 17.4. The quantitative estimate of drug-likeness (QED) is 0.184. The summed E-state index contributed by atoms with van der Waals surface area (Å²) in [6.07, 6.45) is 1.88. The van der Waals surface area contributed by atoms with E-state index in [1.807, 2.05) is 72.8 Å². The average Bonchev–Trinajstić information content (AvgIpc) is 3.24. The zero-order valence-corrected chi connectivity index (χ0v) is 28.3. The summed E-state index contributed by atoms with van der Waals surface area (Å²) >= 11 is 0. The van der Waals surface area contributed by atoms with Gasteiger partial charge in [0.1, 0.15) is 6.17 Å². The van der Waals surface area contributed by atoms with E-state index in [1.165, 1.54) is 0 Å². The second-order valence-corrected chi connectivity index (χ2v) is 12.7. The van der Waals surface area contributed by atoms with Gasteiger partial charge >= 0.3 is 0 Å². The van der Waals surface area contributed by atoms with Crippen molar-refractivity contribution < 1.29 is 0 Å². The van der Waals surface area contributed by atoms with Crippen LogP contribution < -0.4 is 5.32 Å². The molecule has 0 saturated heterocycles. The SMILES string of the molecule is C1=C(c2ccccc2)NC(c2ccc(-c3ccc4ccccc4c3-c3nc(-c4ccccc4)nc(-c4ccccc4)n3)cc2)N=C1c1ccccc1. The Balaban J connectivity index is 1.16. The van der Waals surface area contributed by atoms with Crippen LogP contribution in [0.15, 0.2) is 193 Å². The summed E-state index contributed by atoms with van der Waals surface area (Å²) in [5.74, 6) is 1.90. The van der Waals surface area contributed by atoms with Gasteiger partial charge in [-0.1, -0.05) is 182 Å². The number of nitrogens with one attached hydrogen (secondary N) is 1. The first kappa shape index (κ1) is 31.0. The number of aromatic nitrogens is 3. The lowest BCUT2D eigenvalue weighted by atomic mass is 9.92. The maximum atomic E-state index is 5.19. The smallest absolute Gasteiger partial charge is 0.165 e. The zero-order chi connectivity index (χ0) is 34.7. The zero-order valence-electron chi connectivity index (χ0n) is 28.3. The molecule has 52 heavy (non-hydrogen) atoms. The first-order chi connectivity index (χ1) is 25.8. The van der Waals surface area contributed by atoms with Crippen LogP contribution in [0.2, 0.25) is 0 Å². The average molecular weight is 668 g/mol. The minimum absolute atomic E-state index is 0.258. The molecule has 7 aromatic carbocycles. The summed E-state index contributed by atoms with van der Waals surface area (Å²) in [5.41, 5.74) is 10.2. The normalized spacial score (nSPS) is 14.0. The summed E-state index contributed by atoms with van der Waals surface area (Å²) in [7, 11) is 0. The van der Waals surface area contributed by atoms with Crippen molar-refractivity contribution in [3.8, 4) is 45.3 Å². The van der Waals surface area contributed by atoms with Crippen LogP contribution in [0.1, 0.15) is 22.9 Å². The van der Waals surface area contributed by atoms with Crippen molar-refractivity contribution in [1.29, 1.82) is 0 Å². The Kier molecular flexibility index (Phi) is 8.20. The van der Waals surface area contributed by atoms with Crippen LogP contribution >= 0.6 is 0 Å². The second kappa shape index (κ2) is 13.7. The van der Waals surface area contributed by atoms with Crippen molar-refractivity contribution in [3.05, 3.63) is 205 Å². The van der Waals surface area contributed by atoms with Crippen LogP contribution in [0.4, 0.5) is 0 Å². The van der Waals surface area contributed by atoms with Gasteiger partial charge in [-0.2, -0.15) is 0 Å². The van der Waals surface area contributed by atoms with E-state index in [0.717, 1.165) is 66.7 Å². The minimum atomic E-state index is -0.258. The minimum Gasteiger partial charge on any atom is -0.360 e. The third-order valence-electron chi connectivity index (χ3n) is 9.39. The van der Waals surface area contributed by atoms with Gasteiger partial charge in [-0.15, -0.1) is 0 Å². The lowest BCUT2D eigenvalue weighted by Gasteiger charge is -2.25. The highest BCUT2D eigenvalue weighted by Gasteiger charge is 2.21. The Morgan fingerprint density at radius 2 is 0.923 bits per heavy atom. The van der Waals surface area contributed by atoms with Gasteiger partial charge in [0.15, 0.2) is 17.5 Å². The standard InChI is InChI=1S/C47H33N5/c1-5-16-34(17-6-1)41-31-42(35-18-7-2-8-19-35)49-44(48-41)38-27-25-33(26-28-38)40-30-29-32-15-13-14-24-39(32)43(40)47-51-45(36-20-9-3-10-21-36)50-46(52-47)37-22-11-4-12-23-37/h1-31,44,48H. The molecule has 2 heterocycles. The van der Waals surface area contributed by atoms with Gasteiger partial charge in [-0.05, 0) is 44.7 Å². The number of allylic oxidation sites excluding steroid dienone is 1. The molecule has 1 aliphatic rings. The van der Waals surface area contributed by atoms with E-state index in [9.17, 15) is 0 Å². The van der Waals surface area contributed by atoms with E-state index in [4.69, 9.17) is 19.9 Å². The number of fused-ring (bicyclic) bond motifs is 1. The van der Waals surface area contributed by atoms with Crippen molar-refractivity contribution >= 4 is 22.2 Å². The number of nitrogens with zero attached hydrogens (tertiary/aromatic N) is 4. The molecule has 0 saturated carbocycles. The number of benzene rings is 7. The Morgan fingerprint density at radius 3 is 1.54 bits per heavy atom. The van der Waals surface area contributed by atoms with Crippen molar-refractivity contribution in [3.63, 3.8) is 0 Å². The highest BCUT2D eigenvalue weighted by molar-refractivity contribution is 6.13. The van der Waals surface area contributed by atoms with Crippen molar-refractivity contribution in [2.45, 2.75) is 6.17 Å². The van der Waals surface area contributed by atoms with Gasteiger partial charge < -0.3 is 5.32 Å². The number of rotatable bonds is 7. The predicted molar refractivity (Wildman–Crippen MR) is 212 cm³/mol. The van der Waals surface area contributed by atoms with Crippen molar-refractivity contribution in [2.24, 2.45) is 4.99 Å². The van der Waals surface area contributed by atoms with Crippen molar-refractivity contribution in [2.75, 3.05) is 0 Å². The van der Waals surface area contributed by atoms with Gasteiger partial charge in [0.25, 0.3) is 0 Å². The van der Waals surface area contributed by atoms with E-state index < -0.39 is 0 Å². The fourth-order valence-corrected chi connectivity index (χ4v) is 6.76. The highest BCUT2D eigenvalue weighted by atomic mass is 15.1. The summed E-state index contributed by atoms with van der Waals surface area (Å²) in [5, 5.41) is 5.90. The fraction of sp³-hybridized carbons (Fsp3) is 0.0213. The molecule has 0 radical (unpaired) electrons. The molecular formula is C47H33N5. The number of aliphatic imine (C=N–C) groups is 1. The lowest BCUT2D eigenvalue weighted by molar-refractivity contribution is 0.664. The van der Waals surface area contributed by atoms with Crippen LogP contribution in [0.5, 0.6) is 0 Å². The van der Waals surface area contributed by atoms with E-state index >= 15 is 0 Å². The molecule has 5 nitrogen and oxygen atoms in total. The molecule has 1 aromatic heterocycles. The Morgan fingerprint density at radius 1 is 0.404 bits per heavy atom. The van der Waals surface area contributed by atoms with Gasteiger partial charge in [0, 0.05) is 22.4 Å². The van der Waals surface area contributed by atoms with E-state index in [1.54, 1.807) is 0 Å². The van der Waals surface area contributed by atoms with Crippen LogP contribution in [0.25, 0.3) is 61.8 Å². The molecule has 1 N–H and O–H groups in total. The summed E-state index contributed by atoms with van der Waals surface area (Å²) < 4.78 is 0. The van der Waals surface area contributed by atoms with Gasteiger partial charge in [0.05, 0.1) is 5.71 Å². The molecule has 0 fully saturated rings. The van der Waals surface area contributed by atoms with Crippen molar-refractivity contribution in [1.82, 2.24) is 20.3 Å². The second-order valence-electron chi connectivity index (χ2n) is 12.7. The number of hydrogen-bond donors (Lipinski definition) is 1.